The van der Waals surface area contributed by atoms with Gasteiger partial charge in [0, 0.05) is 20.9 Å². The van der Waals surface area contributed by atoms with Crippen LogP contribution in [0.25, 0.3) is 0 Å². The first-order chi connectivity index (χ1) is 9.56. The molecular formula is C15H10Br2ClFO. The summed E-state index contributed by atoms with van der Waals surface area (Å²) < 4.78 is 20.5. The molecule has 5 heteroatoms. The summed E-state index contributed by atoms with van der Waals surface area (Å²) in [5.41, 5.74) is 2.88. The molecule has 104 valence electrons. The Balaban J connectivity index is 2.09. The Labute approximate surface area is 138 Å². The van der Waals surface area contributed by atoms with Gasteiger partial charge in [0.15, 0.2) is 0 Å². The van der Waals surface area contributed by atoms with Crippen LogP contribution in [-0.2, 0) is 6.42 Å². The Hall–Kier alpha value is -0.580. The molecule has 1 nitrogen and oxygen atoms in total. The fraction of sp³-hybridized carbons (Fsp3) is 0.200. The highest BCUT2D eigenvalue weighted by atomic mass is 79.9. The second-order valence-electron chi connectivity index (χ2n) is 4.61. The van der Waals surface area contributed by atoms with Gasteiger partial charge in [-0.05, 0) is 35.4 Å². The second kappa shape index (κ2) is 5.66. The normalized spacial score (nSPS) is 14.8. The molecule has 0 spiro atoms. The van der Waals surface area contributed by atoms with E-state index in [1.54, 1.807) is 6.07 Å². The van der Waals surface area contributed by atoms with Gasteiger partial charge >= 0.3 is 0 Å². The number of halogens is 4. The van der Waals surface area contributed by atoms with E-state index < -0.39 is 5.38 Å². The van der Waals surface area contributed by atoms with Crippen LogP contribution in [0.5, 0.6) is 5.75 Å². The number of fused-ring (bicyclic) bond motifs is 1. The SMILES string of the molecule is Fc1ccc(C(Cl)c2cc(Br)cc3c2OCC3)c(Br)c1. The maximum Gasteiger partial charge on any atom is 0.127 e. The minimum Gasteiger partial charge on any atom is -0.493 e. The van der Waals surface area contributed by atoms with Crippen molar-refractivity contribution < 1.29 is 9.13 Å². The van der Waals surface area contributed by atoms with Gasteiger partial charge in [0.2, 0.25) is 0 Å². The molecule has 0 amide bonds. The van der Waals surface area contributed by atoms with E-state index in [4.69, 9.17) is 16.3 Å². The number of ether oxygens (including phenoxy) is 1. The van der Waals surface area contributed by atoms with Crippen molar-refractivity contribution in [3.8, 4) is 5.75 Å². The van der Waals surface area contributed by atoms with Gasteiger partial charge in [0.25, 0.3) is 0 Å². The lowest BCUT2D eigenvalue weighted by Crippen LogP contribution is -1.99. The summed E-state index contributed by atoms with van der Waals surface area (Å²) in [6.45, 7) is 0.674. The molecule has 0 saturated heterocycles. The monoisotopic (exact) mass is 418 g/mol. The molecule has 0 saturated carbocycles. The lowest BCUT2D eigenvalue weighted by atomic mass is 10.0. The number of alkyl halides is 1. The van der Waals surface area contributed by atoms with Crippen LogP contribution in [0.15, 0.2) is 39.3 Å². The molecule has 0 fully saturated rings. The molecular weight excluding hydrogens is 410 g/mol. The van der Waals surface area contributed by atoms with Crippen LogP contribution in [-0.4, -0.2) is 6.61 Å². The van der Waals surface area contributed by atoms with Gasteiger partial charge in [-0.25, -0.2) is 4.39 Å². The van der Waals surface area contributed by atoms with Crippen molar-refractivity contribution in [2.45, 2.75) is 11.8 Å². The second-order valence-corrected chi connectivity index (χ2v) is 6.82. The largest absolute Gasteiger partial charge is 0.493 e. The zero-order valence-electron chi connectivity index (χ0n) is 10.3. The van der Waals surface area contributed by atoms with Crippen LogP contribution in [0.4, 0.5) is 4.39 Å². The van der Waals surface area contributed by atoms with E-state index >= 15 is 0 Å². The molecule has 2 aromatic carbocycles. The molecule has 1 aliphatic heterocycles. The van der Waals surface area contributed by atoms with Crippen LogP contribution in [0.3, 0.4) is 0 Å². The summed E-state index contributed by atoms with van der Waals surface area (Å²) in [6.07, 6.45) is 0.885. The summed E-state index contributed by atoms with van der Waals surface area (Å²) in [4.78, 5) is 0. The van der Waals surface area contributed by atoms with E-state index in [1.165, 1.54) is 12.1 Å². The topological polar surface area (TPSA) is 9.23 Å². The highest BCUT2D eigenvalue weighted by molar-refractivity contribution is 9.10. The number of rotatable bonds is 2. The summed E-state index contributed by atoms with van der Waals surface area (Å²) in [7, 11) is 0. The van der Waals surface area contributed by atoms with E-state index in [2.05, 4.69) is 37.9 Å². The van der Waals surface area contributed by atoms with Crippen molar-refractivity contribution in [2.24, 2.45) is 0 Å². The first-order valence-corrected chi connectivity index (χ1v) is 8.12. The number of hydrogen-bond donors (Lipinski definition) is 0. The van der Waals surface area contributed by atoms with Crippen molar-refractivity contribution in [3.05, 3.63) is 61.8 Å². The highest BCUT2D eigenvalue weighted by Crippen LogP contribution is 2.43. The van der Waals surface area contributed by atoms with Gasteiger partial charge < -0.3 is 4.74 Å². The molecule has 0 aliphatic carbocycles. The number of hydrogen-bond acceptors (Lipinski definition) is 1. The average molecular weight is 421 g/mol. The quantitative estimate of drug-likeness (QED) is 0.574. The molecule has 1 aliphatic rings. The molecule has 2 aromatic rings. The minimum absolute atomic E-state index is 0.291. The van der Waals surface area contributed by atoms with Crippen molar-refractivity contribution in [3.63, 3.8) is 0 Å². The van der Waals surface area contributed by atoms with Crippen LogP contribution < -0.4 is 4.74 Å². The Bertz CT molecular complexity index is 675. The van der Waals surface area contributed by atoms with Gasteiger partial charge in [-0.1, -0.05) is 37.9 Å². The highest BCUT2D eigenvalue weighted by Gasteiger charge is 2.24. The van der Waals surface area contributed by atoms with Gasteiger partial charge in [-0.3, -0.25) is 0 Å². The summed E-state index contributed by atoms with van der Waals surface area (Å²) >= 11 is 13.5. The third-order valence-corrected chi connectivity index (χ3v) is 4.90. The predicted octanol–water partition coefficient (Wildman–Crippen LogP) is 5.61. The lowest BCUT2D eigenvalue weighted by molar-refractivity contribution is 0.353. The van der Waals surface area contributed by atoms with E-state index in [0.29, 0.717) is 11.1 Å². The van der Waals surface area contributed by atoms with E-state index in [-0.39, 0.29) is 5.82 Å². The van der Waals surface area contributed by atoms with Crippen molar-refractivity contribution in [2.75, 3.05) is 6.61 Å². The van der Waals surface area contributed by atoms with Crippen molar-refractivity contribution in [1.29, 1.82) is 0 Å². The maximum absolute atomic E-state index is 13.2. The average Bonchev–Trinajstić information content (AvgIpc) is 2.85. The summed E-state index contributed by atoms with van der Waals surface area (Å²) in [5.74, 6) is 0.560. The summed E-state index contributed by atoms with van der Waals surface area (Å²) in [6, 6.07) is 8.53. The molecule has 1 unspecified atom stereocenters. The van der Waals surface area contributed by atoms with Gasteiger partial charge in [-0.2, -0.15) is 0 Å². The van der Waals surface area contributed by atoms with Gasteiger partial charge in [0.05, 0.1) is 12.0 Å². The Kier molecular flexibility index (Phi) is 4.07. The van der Waals surface area contributed by atoms with Gasteiger partial charge in [0.1, 0.15) is 11.6 Å². The van der Waals surface area contributed by atoms with Gasteiger partial charge in [-0.15, -0.1) is 11.6 Å². The Morgan fingerprint density at radius 1 is 1.15 bits per heavy atom. The molecule has 0 bridgehead atoms. The zero-order chi connectivity index (χ0) is 14.3. The fourth-order valence-electron chi connectivity index (χ4n) is 2.36. The lowest BCUT2D eigenvalue weighted by Gasteiger charge is -2.16. The number of benzene rings is 2. The van der Waals surface area contributed by atoms with Crippen molar-refractivity contribution in [1.82, 2.24) is 0 Å². The molecule has 20 heavy (non-hydrogen) atoms. The summed E-state index contributed by atoms with van der Waals surface area (Å²) in [5, 5.41) is -0.394. The minimum atomic E-state index is -0.394. The van der Waals surface area contributed by atoms with Crippen LogP contribution in [0.1, 0.15) is 22.1 Å². The zero-order valence-corrected chi connectivity index (χ0v) is 14.2. The van der Waals surface area contributed by atoms with Crippen LogP contribution in [0, 0.1) is 5.82 Å². The smallest absolute Gasteiger partial charge is 0.127 e. The molecule has 3 rings (SSSR count). The Morgan fingerprint density at radius 3 is 2.70 bits per heavy atom. The standard InChI is InChI=1S/C15H10Br2ClFO/c16-9-5-8-3-4-20-15(8)12(6-9)14(18)11-2-1-10(19)7-13(11)17/h1-2,5-7,14H,3-4H2. The maximum atomic E-state index is 13.2. The first kappa shape index (κ1) is 14.4. The van der Waals surface area contributed by atoms with Crippen LogP contribution >= 0.6 is 43.5 Å². The third-order valence-electron chi connectivity index (χ3n) is 3.29. The third kappa shape index (κ3) is 2.61. The molecule has 1 atom stereocenters. The predicted molar refractivity (Wildman–Crippen MR) is 85.1 cm³/mol. The Morgan fingerprint density at radius 2 is 1.95 bits per heavy atom. The van der Waals surface area contributed by atoms with Crippen LogP contribution in [0.2, 0.25) is 0 Å². The van der Waals surface area contributed by atoms with Crippen molar-refractivity contribution >= 4 is 43.5 Å². The molecule has 0 radical (unpaired) electrons. The molecule has 0 N–H and O–H groups in total. The first-order valence-electron chi connectivity index (χ1n) is 6.10. The van der Waals surface area contributed by atoms with E-state index in [0.717, 1.165) is 33.3 Å². The van der Waals surface area contributed by atoms with E-state index in [9.17, 15) is 4.39 Å². The molecule has 0 aromatic heterocycles. The molecule has 1 heterocycles. The van der Waals surface area contributed by atoms with E-state index in [1.807, 2.05) is 6.07 Å². The fourth-order valence-corrected chi connectivity index (χ4v) is 3.95.